The SMILES string of the molecule is CNCC(O)c1cc(C(=O)O)no1. The van der Waals surface area contributed by atoms with E-state index in [1.54, 1.807) is 7.05 Å². The van der Waals surface area contributed by atoms with E-state index in [4.69, 9.17) is 5.11 Å². The maximum atomic E-state index is 10.4. The van der Waals surface area contributed by atoms with Crippen molar-refractivity contribution in [3.8, 4) is 0 Å². The van der Waals surface area contributed by atoms with E-state index in [0.29, 0.717) is 0 Å². The van der Waals surface area contributed by atoms with Gasteiger partial charge in [0.1, 0.15) is 6.10 Å². The van der Waals surface area contributed by atoms with Crippen LogP contribution in [-0.2, 0) is 0 Å². The third kappa shape index (κ3) is 2.27. The molecule has 1 unspecified atom stereocenters. The summed E-state index contributed by atoms with van der Waals surface area (Å²) in [5.74, 6) is -1.03. The molecule has 0 fully saturated rings. The van der Waals surface area contributed by atoms with Gasteiger partial charge in [0.2, 0.25) is 0 Å². The molecular formula is C7H10N2O4. The molecule has 6 nitrogen and oxygen atoms in total. The highest BCUT2D eigenvalue weighted by Crippen LogP contribution is 2.12. The molecule has 0 bridgehead atoms. The van der Waals surface area contributed by atoms with Crippen molar-refractivity contribution in [2.24, 2.45) is 0 Å². The molecule has 0 amide bonds. The lowest BCUT2D eigenvalue weighted by atomic mass is 10.2. The number of carboxylic acid groups (broad SMARTS) is 1. The van der Waals surface area contributed by atoms with Crippen molar-refractivity contribution < 1.29 is 19.5 Å². The first kappa shape index (κ1) is 9.69. The number of nitrogens with zero attached hydrogens (tertiary/aromatic N) is 1. The number of aliphatic hydroxyl groups excluding tert-OH is 1. The molecule has 0 spiro atoms. The van der Waals surface area contributed by atoms with E-state index in [9.17, 15) is 9.90 Å². The van der Waals surface area contributed by atoms with Crippen LogP contribution in [0.5, 0.6) is 0 Å². The summed E-state index contributed by atoms with van der Waals surface area (Å²) >= 11 is 0. The molecule has 0 aliphatic heterocycles. The van der Waals surface area contributed by atoms with Crippen molar-refractivity contribution in [1.29, 1.82) is 0 Å². The fourth-order valence-electron chi connectivity index (χ4n) is 0.841. The third-order valence-corrected chi connectivity index (χ3v) is 1.47. The van der Waals surface area contributed by atoms with Crippen LogP contribution < -0.4 is 5.32 Å². The van der Waals surface area contributed by atoms with Crippen molar-refractivity contribution in [3.05, 3.63) is 17.5 Å². The summed E-state index contributed by atoms with van der Waals surface area (Å²) in [5.41, 5.74) is -0.204. The van der Waals surface area contributed by atoms with Gasteiger partial charge < -0.3 is 20.1 Å². The second-order valence-corrected chi connectivity index (χ2v) is 2.49. The molecule has 0 saturated carbocycles. The van der Waals surface area contributed by atoms with Gasteiger partial charge in [-0.1, -0.05) is 5.16 Å². The summed E-state index contributed by atoms with van der Waals surface area (Å²) in [7, 11) is 1.66. The molecule has 1 heterocycles. The molecule has 0 aliphatic rings. The van der Waals surface area contributed by atoms with Crippen LogP contribution in [0.3, 0.4) is 0 Å². The first-order valence-corrected chi connectivity index (χ1v) is 3.67. The van der Waals surface area contributed by atoms with E-state index < -0.39 is 12.1 Å². The van der Waals surface area contributed by atoms with Crippen LogP contribution in [0.1, 0.15) is 22.4 Å². The topological polar surface area (TPSA) is 95.6 Å². The number of rotatable bonds is 4. The molecule has 0 radical (unpaired) electrons. The van der Waals surface area contributed by atoms with Crippen molar-refractivity contribution in [3.63, 3.8) is 0 Å². The lowest BCUT2D eigenvalue weighted by Gasteiger charge is -2.03. The number of nitrogens with one attached hydrogen (secondary N) is 1. The molecule has 0 saturated heterocycles. The van der Waals surface area contributed by atoms with Gasteiger partial charge in [0.15, 0.2) is 11.5 Å². The second kappa shape index (κ2) is 4.01. The highest BCUT2D eigenvalue weighted by atomic mass is 16.5. The number of aromatic carboxylic acids is 1. The molecule has 1 rings (SSSR count). The van der Waals surface area contributed by atoms with Crippen LogP contribution in [0.4, 0.5) is 0 Å². The fraction of sp³-hybridized carbons (Fsp3) is 0.429. The maximum Gasteiger partial charge on any atom is 0.358 e. The van der Waals surface area contributed by atoms with E-state index >= 15 is 0 Å². The monoisotopic (exact) mass is 186 g/mol. The van der Waals surface area contributed by atoms with Gasteiger partial charge in [0.05, 0.1) is 0 Å². The minimum atomic E-state index is -1.17. The smallest absolute Gasteiger partial charge is 0.358 e. The minimum Gasteiger partial charge on any atom is -0.476 e. The zero-order valence-electron chi connectivity index (χ0n) is 7.02. The Labute approximate surface area is 74.2 Å². The Morgan fingerprint density at radius 1 is 1.85 bits per heavy atom. The minimum absolute atomic E-state index is 0.145. The Bertz CT molecular complexity index is 296. The quantitative estimate of drug-likeness (QED) is 0.593. The zero-order valence-corrected chi connectivity index (χ0v) is 7.02. The Hall–Kier alpha value is -1.40. The Morgan fingerprint density at radius 2 is 2.54 bits per heavy atom. The molecule has 0 aromatic carbocycles. The Balaban J connectivity index is 2.73. The van der Waals surface area contributed by atoms with Crippen LogP contribution in [-0.4, -0.2) is 34.9 Å². The highest BCUT2D eigenvalue weighted by molar-refractivity contribution is 5.85. The third-order valence-electron chi connectivity index (χ3n) is 1.47. The van der Waals surface area contributed by atoms with Crippen molar-refractivity contribution in [1.82, 2.24) is 10.5 Å². The van der Waals surface area contributed by atoms with Crippen LogP contribution in [0.2, 0.25) is 0 Å². The lowest BCUT2D eigenvalue weighted by Crippen LogP contribution is -2.16. The predicted molar refractivity (Wildman–Crippen MR) is 42.3 cm³/mol. The summed E-state index contributed by atoms with van der Waals surface area (Å²) in [4.78, 5) is 10.4. The summed E-state index contributed by atoms with van der Waals surface area (Å²) in [5, 5.41) is 23.8. The predicted octanol–water partition coefficient (Wildman–Crippen LogP) is -0.374. The van der Waals surface area contributed by atoms with Crippen LogP contribution >= 0.6 is 0 Å². The van der Waals surface area contributed by atoms with Crippen LogP contribution in [0, 0.1) is 0 Å². The van der Waals surface area contributed by atoms with Crippen LogP contribution in [0.15, 0.2) is 10.6 Å². The van der Waals surface area contributed by atoms with Crippen molar-refractivity contribution in [2.75, 3.05) is 13.6 Å². The molecule has 1 aromatic rings. The van der Waals surface area contributed by atoms with E-state index in [2.05, 4.69) is 15.0 Å². The normalized spacial score (nSPS) is 12.8. The molecule has 1 aromatic heterocycles. The van der Waals surface area contributed by atoms with Gasteiger partial charge >= 0.3 is 5.97 Å². The number of carboxylic acids is 1. The van der Waals surface area contributed by atoms with Gasteiger partial charge in [-0.05, 0) is 7.05 Å². The summed E-state index contributed by atoms with van der Waals surface area (Å²) < 4.78 is 4.62. The van der Waals surface area contributed by atoms with Crippen molar-refractivity contribution >= 4 is 5.97 Å². The van der Waals surface area contributed by atoms with E-state index in [-0.39, 0.29) is 18.0 Å². The van der Waals surface area contributed by atoms with Gasteiger partial charge in [-0.3, -0.25) is 0 Å². The van der Waals surface area contributed by atoms with Gasteiger partial charge in [-0.2, -0.15) is 0 Å². The van der Waals surface area contributed by atoms with E-state index in [0.717, 1.165) is 0 Å². The van der Waals surface area contributed by atoms with E-state index in [1.165, 1.54) is 6.07 Å². The number of hydrogen-bond acceptors (Lipinski definition) is 5. The number of aromatic nitrogens is 1. The average molecular weight is 186 g/mol. The molecule has 72 valence electrons. The largest absolute Gasteiger partial charge is 0.476 e. The number of aliphatic hydroxyl groups is 1. The Kier molecular flexibility index (Phi) is 2.99. The molecule has 6 heteroatoms. The first-order valence-electron chi connectivity index (χ1n) is 3.67. The molecule has 3 N–H and O–H groups in total. The zero-order chi connectivity index (χ0) is 9.84. The number of likely N-dealkylation sites (N-methyl/N-ethyl adjacent to an activating group) is 1. The molecule has 0 aliphatic carbocycles. The molecule has 1 atom stereocenters. The number of hydrogen-bond donors (Lipinski definition) is 3. The maximum absolute atomic E-state index is 10.4. The highest BCUT2D eigenvalue weighted by Gasteiger charge is 2.16. The standard InChI is InChI=1S/C7H10N2O4/c1-8-3-5(10)6-2-4(7(11)12)9-13-6/h2,5,8,10H,3H2,1H3,(H,11,12). The van der Waals surface area contributed by atoms with E-state index in [1.807, 2.05) is 0 Å². The van der Waals surface area contributed by atoms with Gasteiger partial charge in [-0.25, -0.2) is 4.79 Å². The van der Waals surface area contributed by atoms with Crippen LogP contribution in [0.25, 0.3) is 0 Å². The Morgan fingerprint density at radius 3 is 3.00 bits per heavy atom. The van der Waals surface area contributed by atoms with Gasteiger partial charge in [-0.15, -0.1) is 0 Å². The number of carbonyl (C=O) groups is 1. The summed E-state index contributed by atoms with van der Waals surface area (Å²) in [6.45, 7) is 0.286. The average Bonchev–Trinajstić information content (AvgIpc) is 2.52. The van der Waals surface area contributed by atoms with Crippen molar-refractivity contribution in [2.45, 2.75) is 6.10 Å². The van der Waals surface area contributed by atoms with Gasteiger partial charge in [0.25, 0.3) is 0 Å². The fourth-order valence-corrected chi connectivity index (χ4v) is 0.841. The van der Waals surface area contributed by atoms with Gasteiger partial charge in [0, 0.05) is 12.6 Å². The molecular weight excluding hydrogens is 176 g/mol. The summed E-state index contributed by atoms with van der Waals surface area (Å²) in [6.07, 6.45) is -0.870. The summed E-state index contributed by atoms with van der Waals surface area (Å²) in [6, 6.07) is 1.20. The molecule has 13 heavy (non-hydrogen) atoms. The lowest BCUT2D eigenvalue weighted by molar-refractivity contribution is 0.0684. The first-order chi connectivity index (χ1) is 6.15. The second-order valence-electron chi connectivity index (χ2n) is 2.49.